The number of amides is 5. The van der Waals surface area contributed by atoms with E-state index in [9.17, 15) is 37.1 Å². The second-order valence-corrected chi connectivity index (χ2v) is 16.7. The predicted molar refractivity (Wildman–Crippen MR) is 240 cm³/mol. The molecule has 0 aliphatic carbocycles. The van der Waals surface area contributed by atoms with Crippen molar-refractivity contribution in [2.75, 3.05) is 47.4 Å². The van der Waals surface area contributed by atoms with E-state index in [1.165, 1.54) is 38.5 Å². The molecular formula is C39H37F3I3N7O9. The van der Waals surface area contributed by atoms with Gasteiger partial charge in [0.2, 0.25) is 0 Å². The van der Waals surface area contributed by atoms with Gasteiger partial charge in [0.25, 0.3) is 11.8 Å². The van der Waals surface area contributed by atoms with E-state index >= 15 is 0 Å². The highest BCUT2D eigenvalue weighted by atomic mass is 127. The van der Waals surface area contributed by atoms with E-state index in [2.05, 4.69) is 5.84 Å². The number of anilines is 3. The number of nitrogens with one attached hydrogen (secondary N) is 1. The van der Waals surface area contributed by atoms with E-state index in [1.54, 1.807) is 60.7 Å². The molecule has 61 heavy (non-hydrogen) atoms. The van der Waals surface area contributed by atoms with Crippen molar-refractivity contribution in [2.45, 2.75) is 31.7 Å². The van der Waals surface area contributed by atoms with Gasteiger partial charge in [-0.05, 0) is 141 Å². The van der Waals surface area contributed by atoms with Crippen LogP contribution < -0.4 is 31.9 Å². The highest BCUT2D eigenvalue weighted by Crippen LogP contribution is 2.29. The van der Waals surface area contributed by atoms with Crippen LogP contribution in [0.25, 0.3) is 0 Å². The molecule has 4 aromatic carbocycles. The summed E-state index contributed by atoms with van der Waals surface area (Å²) < 4.78 is 57.3. The monoisotopic (exact) mass is 1180 g/mol. The molecule has 0 spiro atoms. The van der Waals surface area contributed by atoms with Gasteiger partial charge in [-0.1, -0.05) is 19.1 Å². The van der Waals surface area contributed by atoms with Gasteiger partial charge in [0.15, 0.2) is 0 Å². The molecule has 5 amide bonds. The molecule has 4 aliphatic rings. The predicted octanol–water partition coefficient (Wildman–Crippen LogP) is 6.77. The zero-order valence-electron chi connectivity index (χ0n) is 31.9. The van der Waals surface area contributed by atoms with E-state index in [-0.39, 0.29) is 43.5 Å². The van der Waals surface area contributed by atoms with Gasteiger partial charge >= 0.3 is 18.3 Å². The van der Waals surface area contributed by atoms with Crippen LogP contribution in [0.5, 0.6) is 0 Å². The summed E-state index contributed by atoms with van der Waals surface area (Å²) in [5.74, 6) is 2.26. The molecule has 3 atom stereocenters. The molecule has 4 aromatic rings. The quantitative estimate of drug-likeness (QED) is 0.0497. The van der Waals surface area contributed by atoms with Gasteiger partial charge in [-0.25, -0.2) is 33.4 Å². The van der Waals surface area contributed by atoms with Crippen LogP contribution in [0.3, 0.4) is 0 Å². The van der Waals surface area contributed by atoms with Crippen molar-refractivity contribution >= 4 is 115 Å². The first-order valence-electron chi connectivity index (χ1n) is 18.1. The van der Waals surface area contributed by atoms with Crippen molar-refractivity contribution < 1.29 is 56.6 Å². The van der Waals surface area contributed by atoms with E-state index < -0.39 is 42.0 Å². The highest BCUT2D eigenvalue weighted by Gasteiger charge is 2.41. The summed E-state index contributed by atoms with van der Waals surface area (Å²) in [5, 5.41) is 7.10. The smallest absolute Gasteiger partial charge is 0.414 e. The van der Waals surface area contributed by atoms with Crippen molar-refractivity contribution in [3.05, 3.63) is 118 Å². The normalized spacial score (nSPS) is 19.0. The van der Waals surface area contributed by atoms with Crippen LogP contribution >= 0.6 is 67.8 Å². The summed E-state index contributed by atoms with van der Waals surface area (Å²) in [6, 6.07) is 20.4. The van der Waals surface area contributed by atoms with Gasteiger partial charge < -0.3 is 25.2 Å². The Balaban J connectivity index is 0.000000175. The lowest BCUT2D eigenvalue weighted by Crippen LogP contribution is -2.38. The number of hydrogen-bond acceptors (Lipinski definition) is 12. The second kappa shape index (κ2) is 21.6. The number of benzene rings is 4. The first-order chi connectivity index (χ1) is 29.1. The fourth-order valence-corrected chi connectivity index (χ4v) is 7.20. The fraction of sp³-hybridized carbons (Fsp3) is 0.256. The Morgan fingerprint density at radius 3 is 1.31 bits per heavy atom. The van der Waals surface area contributed by atoms with Gasteiger partial charge in [-0.15, -0.1) is 5.59 Å². The minimum Gasteiger partial charge on any atom is -0.444 e. The molecule has 0 radical (unpaired) electrons. The van der Waals surface area contributed by atoms with Crippen molar-refractivity contribution in [1.82, 2.24) is 10.5 Å². The lowest BCUT2D eigenvalue weighted by atomic mass is 10.1. The van der Waals surface area contributed by atoms with E-state index in [0.717, 1.165) is 11.3 Å². The minimum atomic E-state index is -0.674. The number of hydrazine groups is 1. The number of rotatable bonds is 7. The third-order valence-corrected chi connectivity index (χ3v) is 11.9. The molecule has 3 saturated heterocycles. The van der Waals surface area contributed by atoms with Crippen LogP contribution in [0, 0.1) is 28.2 Å². The Morgan fingerprint density at radius 1 is 0.639 bits per heavy atom. The van der Waals surface area contributed by atoms with Gasteiger partial charge in [-0.2, -0.15) is 0 Å². The first-order valence-corrected chi connectivity index (χ1v) is 21.4. The van der Waals surface area contributed by atoms with Crippen molar-refractivity contribution in [3.63, 3.8) is 0 Å². The number of imide groups is 1. The van der Waals surface area contributed by atoms with E-state index in [4.69, 9.17) is 25.2 Å². The second-order valence-electron chi connectivity index (χ2n) is 13.2. The zero-order valence-corrected chi connectivity index (χ0v) is 38.4. The number of ether oxygens (including phenoxy) is 3. The topological polar surface area (TPSA) is 210 Å². The van der Waals surface area contributed by atoms with Crippen LogP contribution in [-0.4, -0.2) is 91.2 Å². The number of carbonyl (C=O) groups excluding carboxylic acids is 5. The average molecular weight is 1190 g/mol. The lowest BCUT2D eigenvalue weighted by Gasteiger charge is -2.17. The van der Waals surface area contributed by atoms with Gasteiger partial charge in [-0.3, -0.25) is 29.2 Å². The summed E-state index contributed by atoms with van der Waals surface area (Å²) >= 11 is 5.66. The molecule has 0 aromatic heterocycles. The number of hydrogen-bond donors (Lipinski definition) is 4. The molecule has 16 nitrogen and oxygen atoms in total. The van der Waals surface area contributed by atoms with Gasteiger partial charge in [0.05, 0.1) is 54.4 Å². The Morgan fingerprint density at radius 2 is 0.984 bits per heavy atom. The lowest BCUT2D eigenvalue weighted by molar-refractivity contribution is 0.0558. The molecule has 4 heterocycles. The SMILES string of the molecule is CC[C@H]1CN(c2ccc(I)c(F)c2)C(=O)O1.NC[C@H]1CN(c2ccc(I)c(F)c2)C(=O)O1.NNO.O=C1c2ccccc2C(=O)N1C[C@H]1CN(c2ccc(I)c(F)c2)C(=O)O1. The Labute approximate surface area is 387 Å². The molecule has 0 saturated carbocycles. The molecule has 4 aliphatic heterocycles. The van der Waals surface area contributed by atoms with Crippen molar-refractivity contribution in [1.29, 1.82) is 0 Å². The Hall–Kier alpha value is -4.35. The van der Waals surface area contributed by atoms with E-state index in [0.29, 0.717) is 52.0 Å². The minimum absolute atomic E-state index is 0.0402. The summed E-state index contributed by atoms with van der Waals surface area (Å²) in [4.78, 5) is 65.2. The van der Waals surface area contributed by atoms with Crippen LogP contribution in [0.4, 0.5) is 44.6 Å². The molecular weight excluding hydrogens is 1150 g/mol. The number of nitrogens with zero attached hydrogens (tertiary/aromatic N) is 4. The highest BCUT2D eigenvalue weighted by molar-refractivity contribution is 14.1. The van der Waals surface area contributed by atoms with Crippen LogP contribution in [0.15, 0.2) is 78.9 Å². The fourth-order valence-electron chi connectivity index (χ4n) is 6.19. The molecule has 0 unspecified atom stereocenters. The van der Waals surface area contributed by atoms with Crippen LogP contribution in [0.2, 0.25) is 0 Å². The third kappa shape index (κ3) is 11.6. The Bertz CT molecular complexity index is 2180. The van der Waals surface area contributed by atoms with E-state index in [1.807, 2.05) is 74.7 Å². The largest absolute Gasteiger partial charge is 0.444 e. The van der Waals surface area contributed by atoms with Crippen molar-refractivity contribution in [2.24, 2.45) is 11.6 Å². The standard InChI is InChI=1S/C18H12FIN2O4.C11H11FINO2.C10H10FIN2O2.H4N2O/c19-14-7-10(5-6-15(14)20)21-8-11(26-18(21)25)9-22-16(23)12-3-1-2-4-13(12)17(22)24;1-2-8-6-14(11(15)16-8)7-3-4-10(13)9(12)5-7;11-8-3-6(1-2-9(8)12)14-5-7(4-13)16-10(14)15;1-2-3/h1-7,11H,8-9H2;3-5,8H,2,6H2,1H3;1-3,7H,4-5,13H2;2-3H,1H2/t11-;8-;7-;/m100./s1. The summed E-state index contributed by atoms with van der Waals surface area (Å²) in [6.07, 6.45) is -1.80. The molecule has 6 N–H and O–H groups in total. The van der Waals surface area contributed by atoms with Crippen LogP contribution in [-0.2, 0) is 14.2 Å². The maximum Gasteiger partial charge on any atom is 0.414 e. The third-order valence-electron chi connectivity index (χ3n) is 9.25. The summed E-state index contributed by atoms with van der Waals surface area (Å²) in [7, 11) is 0. The molecule has 8 rings (SSSR count). The Kier molecular flexibility index (Phi) is 16.9. The maximum absolute atomic E-state index is 13.8. The molecule has 22 heteroatoms. The zero-order chi connectivity index (χ0) is 44.5. The summed E-state index contributed by atoms with van der Waals surface area (Å²) in [5.41, 5.74) is 8.78. The number of halogens is 6. The first kappa shape index (κ1) is 47.7. The van der Waals surface area contributed by atoms with Gasteiger partial charge in [0, 0.05) is 17.3 Å². The number of cyclic esters (lactones) is 3. The molecule has 3 fully saturated rings. The van der Waals surface area contributed by atoms with Crippen LogP contribution in [0.1, 0.15) is 34.1 Å². The number of carbonyl (C=O) groups is 5. The maximum atomic E-state index is 13.8. The van der Waals surface area contributed by atoms with Crippen molar-refractivity contribution in [3.8, 4) is 0 Å². The average Bonchev–Trinajstić information content (AvgIpc) is 3.99. The molecule has 0 bridgehead atoms. The number of nitrogens with two attached hydrogens (primary N) is 2. The summed E-state index contributed by atoms with van der Waals surface area (Å²) in [6.45, 7) is 3.18. The molecule has 324 valence electrons. The number of fused-ring (bicyclic) bond motifs is 1. The van der Waals surface area contributed by atoms with Gasteiger partial charge in [0.1, 0.15) is 35.8 Å².